The highest BCUT2D eigenvalue weighted by atomic mass is 15.2. The summed E-state index contributed by atoms with van der Waals surface area (Å²) in [5.41, 5.74) is 5.88. The highest BCUT2D eigenvalue weighted by Gasteiger charge is 2.08. The quantitative estimate of drug-likeness (QED) is 0.545. The van der Waals surface area contributed by atoms with Crippen LogP contribution >= 0.6 is 0 Å². The van der Waals surface area contributed by atoms with Gasteiger partial charge >= 0.3 is 0 Å². The van der Waals surface area contributed by atoms with Crippen molar-refractivity contribution in [3.63, 3.8) is 0 Å². The Hall–Kier alpha value is -0.160. The molecule has 0 bridgehead atoms. The summed E-state index contributed by atoms with van der Waals surface area (Å²) < 4.78 is 0. The number of nitrogens with two attached hydrogens (primary N) is 1. The third-order valence-electron chi connectivity index (χ3n) is 1.70. The third kappa shape index (κ3) is 8.18. The van der Waals surface area contributed by atoms with Gasteiger partial charge in [-0.05, 0) is 35.1 Å². The van der Waals surface area contributed by atoms with Crippen LogP contribution in [-0.4, -0.2) is 63.3 Å². The zero-order valence-electron chi connectivity index (χ0n) is 9.54. The molecule has 0 saturated carbocycles. The molecule has 2 atom stereocenters. The van der Waals surface area contributed by atoms with E-state index in [1.165, 1.54) is 0 Å². The summed E-state index contributed by atoms with van der Waals surface area (Å²) in [7, 11) is 8.18. The van der Waals surface area contributed by atoms with E-state index in [0.717, 1.165) is 13.1 Å². The van der Waals surface area contributed by atoms with Crippen LogP contribution in [0.1, 0.15) is 6.92 Å². The van der Waals surface area contributed by atoms with Gasteiger partial charge in [-0.2, -0.15) is 0 Å². The maximum absolute atomic E-state index is 5.88. The van der Waals surface area contributed by atoms with Crippen molar-refractivity contribution in [2.24, 2.45) is 5.73 Å². The first-order chi connectivity index (χ1) is 5.91. The molecule has 0 radical (unpaired) electrons. The standard InChI is InChI=1S/C9H24N4/c1-8(6-12(2)3)11-9(10)7-13(4)5/h8-9,11H,6-7,10H2,1-5H3. The molecule has 0 fully saturated rings. The lowest BCUT2D eigenvalue weighted by atomic mass is 10.3. The smallest absolute Gasteiger partial charge is 0.0679 e. The van der Waals surface area contributed by atoms with Crippen LogP contribution in [0.2, 0.25) is 0 Å². The molecule has 0 aliphatic heterocycles. The van der Waals surface area contributed by atoms with Gasteiger partial charge < -0.3 is 15.5 Å². The molecular weight excluding hydrogens is 164 g/mol. The van der Waals surface area contributed by atoms with E-state index >= 15 is 0 Å². The number of rotatable bonds is 6. The van der Waals surface area contributed by atoms with Crippen molar-refractivity contribution in [2.75, 3.05) is 41.3 Å². The number of likely N-dealkylation sites (N-methyl/N-ethyl adjacent to an activating group) is 2. The van der Waals surface area contributed by atoms with Crippen LogP contribution < -0.4 is 11.1 Å². The molecule has 3 N–H and O–H groups in total. The number of hydrogen-bond donors (Lipinski definition) is 2. The lowest BCUT2D eigenvalue weighted by molar-refractivity contribution is 0.290. The molecule has 0 amide bonds. The SMILES string of the molecule is CC(CN(C)C)NC(N)CN(C)C. The molecule has 0 aliphatic carbocycles. The fraction of sp³-hybridized carbons (Fsp3) is 1.00. The van der Waals surface area contributed by atoms with Gasteiger partial charge in [-0.15, -0.1) is 0 Å². The van der Waals surface area contributed by atoms with Gasteiger partial charge in [0, 0.05) is 19.1 Å². The summed E-state index contributed by atoms with van der Waals surface area (Å²) in [4.78, 5) is 4.24. The second-order valence-corrected chi connectivity index (χ2v) is 4.20. The van der Waals surface area contributed by atoms with Crippen LogP contribution in [0.3, 0.4) is 0 Å². The normalized spacial score (nSPS) is 16.6. The second-order valence-electron chi connectivity index (χ2n) is 4.20. The van der Waals surface area contributed by atoms with Crippen molar-refractivity contribution in [2.45, 2.75) is 19.1 Å². The Morgan fingerprint density at radius 3 is 1.92 bits per heavy atom. The molecular formula is C9H24N4. The maximum Gasteiger partial charge on any atom is 0.0679 e. The lowest BCUT2D eigenvalue weighted by Gasteiger charge is -2.24. The maximum atomic E-state index is 5.88. The Bertz CT molecular complexity index is 111. The van der Waals surface area contributed by atoms with Crippen LogP contribution in [0, 0.1) is 0 Å². The first kappa shape index (κ1) is 12.8. The summed E-state index contributed by atoms with van der Waals surface area (Å²) in [6.07, 6.45) is 0.0601. The van der Waals surface area contributed by atoms with Crippen molar-refractivity contribution < 1.29 is 0 Å². The first-order valence-corrected chi connectivity index (χ1v) is 4.73. The number of nitrogens with one attached hydrogen (secondary N) is 1. The van der Waals surface area contributed by atoms with Crippen molar-refractivity contribution in [3.05, 3.63) is 0 Å². The Morgan fingerprint density at radius 1 is 1.08 bits per heavy atom. The number of nitrogens with zero attached hydrogens (tertiary/aromatic N) is 2. The molecule has 0 spiro atoms. The van der Waals surface area contributed by atoms with Crippen LogP contribution in [0.4, 0.5) is 0 Å². The van der Waals surface area contributed by atoms with Gasteiger partial charge in [0.05, 0.1) is 6.17 Å². The van der Waals surface area contributed by atoms with Crippen LogP contribution in [0.5, 0.6) is 0 Å². The zero-order chi connectivity index (χ0) is 10.4. The Balaban J connectivity index is 3.58. The van der Waals surface area contributed by atoms with Crippen molar-refractivity contribution in [1.82, 2.24) is 15.1 Å². The highest BCUT2D eigenvalue weighted by molar-refractivity contribution is 4.69. The van der Waals surface area contributed by atoms with Crippen LogP contribution in [-0.2, 0) is 0 Å². The predicted octanol–water partition coefficient (Wildman–Crippen LogP) is -0.627. The summed E-state index contributed by atoms with van der Waals surface area (Å²) in [6, 6.07) is 0.435. The molecule has 2 unspecified atom stereocenters. The van der Waals surface area contributed by atoms with E-state index in [2.05, 4.69) is 36.1 Å². The third-order valence-corrected chi connectivity index (χ3v) is 1.70. The molecule has 13 heavy (non-hydrogen) atoms. The van der Waals surface area contributed by atoms with E-state index < -0.39 is 0 Å². The molecule has 4 nitrogen and oxygen atoms in total. The summed E-state index contributed by atoms with van der Waals surface area (Å²) in [5.74, 6) is 0. The molecule has 0 aliphatic rings. The highest BCUT2D eigenvalue weighted by Crippen LogP contribution is 1.87. The van der Waals surface area contributed by atoms with E-state index in [1.807, 2.05) is 14.1 Å². The number of hydrogen-bond acceptors (Lipinski definition) is 4. The Kier molecular flexibility index (Phi) is 6.24. The van der Waals surface area contributed by atoms with Crippen molar-refractivity contribution >= 4 is 0 Å². The van der Waals surface area contributed by atoms with Crippen LogP contribution in [0.15, 0.2) is 0 Å². The van der Waals surface area contributed by atoms with Gasteiger partial charge in [0.2, 0.25) is 0 Å². The van der Waals surface area contributed by atoms with Crippen LogP contribution in [0.25, 0.3) is 0 Å². The molecule has 0 saturated heterocycles. The average Bonchev–Trinajstić information content (AvgIpc) is 1.80. The van der Waals surface area contributed by atoms with Gasteiger partial charge in [-0.3, -0.25) is 5.32 Å². The largest absolute Gasteiger partial charge is 0.315 e. The van der Waals surface area contributed by atoms with E-state index in [-0.39, 0.29) is 6.17 Å². The summed E-state index contributed by atoms with van der Waals surface area (Å²) in [5, 5.41) is 3.34. The van der Waals surface area contributed by atoms with Gasteiger partial charge in [0.25, 0.3) is 0 Å². The van der Waals surface area contributed by atoms with E-state index in [0.29, 0.717) is 6.04 Å². The molecule has 0 aromatic rings. The minimum Gasteiger partial charge on any atom is -0.315 e. The zero-order valence-corrected chi connectivity index (χ0v) is 9.54. The minimum atomic E-state index is 0.0601. The molecule has 0 rings (SSSR count). The molecule has 0 aromatic heterocycles. The summed E-state index contributed by atoms with van der Waals surface area (Å²) >= 11 is 0. The fourth-order valence-electron chi connectivity index (χ4n) is 1.41. The predicted molar refractivity (Wildman–Crippen MR) is 57.7 cm³/mol. The lowest BCUT2D eigenvalue weighted by Crippen LogP contribution is -2.51. The van der Waals surface area contributed by atoms with Gasteiger partial charge in [0.1, 0.15) is 0 Å². The molecule has 80 valence electrons. The molecule has 0 heterocycles. The Morgan fingerprint density at radius 2 is 1.54 bits per heavy atom. The van der Waals surface area contributed by atoms with Gasteiger partial charge in [-0.1, -0.05) is 0 Å². The fourth-order valence-corrected chi connectivity index (χ4v) is 1.41. The molecule has 4 heteroatoms. The van der Waals surface area contributed by atoms with Crippen molar-refractivity contribution in [1.29, 1.82) is 0 Å². The second kappa shape index (κ2) is 6.32. The van der Waals surface area contributed by atoms with Gasteiger partial charge in [-0.25, -0.2) is 0 Å². The van der Waals surface area contributed by atoms with E-state index in [4.69, 9.17) is 5.73 Å². The van der Waals surface area contributed by atoms with Gasteiger partial charge in [0.15, 0.2) is 0 Å². The van der Waals surface area contributed by atoms with E-state index in [9.17, 15) is 0 Å². The minimum absolute atomic E-state index is 0.0601. The molecule has 0 aromatic carbocycles. The topological polar surface area (TPSA) is 44.5 Å². The Labute approximate surface area is 82.1 Å². The first-order valence-electron chi connectivity index (χ1n) is 4.73. The summed E-state index contributed by atoms with van der Waals surface area (Å²) in [6.45, 7) is 4.04. The monoisotopic (exact) mass is 188 g/mol. The van der Waals surface area contributed by atoms with Crippen molar-refractivity contribution in [3.8, 4) is 0 Å². The average molecular weight is 188 g/mol. The van der Waals surface area contributed by atoms with E-state index in [1.54, 1.807) is 0 Å².